The molecule has 0 aliphatic heterocycles. The van der Waals surface area contributed by atoms with E-state index in [1.807, 2.05) is 13.8 Å². The summed E-state index contributed by atoms with van der Waals surface area (Å²) in [7, 11) is -4.45. The zero-order chi connectivity index (χ0) is 17.4. The minimum atomic E-state index is -4.45. The highest BCUT2D eigenvalue weighted by Crippen LogP contribution is 2.19. The molecule has 6 heteroatoms. The van der Waals surface area contributed by atoms with E-state index in [0.717, 1.165) is 13.2 Å². The fraction of sp³-hybridized carbons (Fsp3) is 0.500. The van der Waals surface area contributed by atoms with Crippen molar-refractivity contribution in [2.45, 2.75) is 40.5 Å². The molecule has 0 aliphatic rings. The van der Waals surface area contributed by atoms with E-state index in [0.29, 0.717) is 12.0 Å². The van der Waals surface area contributed by atoms with Crippen molar-refractivity contribution in [2.75, 3.05) is 13.2 Å². The molecule has 0 fully saturated rings. The lowest BCUT2D eigenvalue weighted by Gasteiger charge is -2.05. The van der Waals surface area contributed by atoms with Gasteiger partial charge in [-0.25, -0.2) is 0 Å². The number of para-hydroxylation sites is 1. The summed E-state index contributed by atoms with van der Waals surface area (Å²) < 4.78 is 38.6. The Labute approximate surface area is 134 Å². The Morgan fingerprint density at radius 2 is 1.64 bits per heavy atom. The Morgan fingerprint density at radius 1 is 1.14 bits per heavy atom. The molecule has 0 atom stereocenters. The van der Waals surface area contributed by atoms with Gasteiger partial charge >= 0.3 is 10.4 Å². The van der Waals surface area contributed by atoms with Crippen LogP contribution < -0.4 is 4.18 Å². The molecule has 0 saturated carbocycles. The number of hydrogen-bond acceptors (Lipinski definition) is 4. The Morgan fingerprint density at radius 3 is 2.00 bits per heavy atom. The van der Waals surface area contributed by atoms with Crippen LogP contribution >= 0.6 is 0 Å². The molecule has 0 bridgehead atoms. The standard InChI is InChI=1S/C9H10O4S.C4H10O.C3H8/c1-2-5-8-6-3-4-7-9(8)13-14(10,11)12;1-3-5-4-2;1-3-2/h2-4,6-7H,1,5H2,(H,10,11,12);3-4H2,1-2H3;3H2,1-2H3. The summed E-state index contributed by atoms with van der Waals surface area (Å²) in [5, 5.41) is 0. The van der Waals surface area contributed by atoms with Crippen LogP contribution in [-0.4, -0.2) is 26.2 Å². The van der Waals surface area contributed by atoms with Crippen molar-refractivity contribution in [3.8, 4) is 5.75 Å². The molecule has 0 heterocycles. The smallest absolute Gasteiger partial charge is 0.382 e. The third-order valence-electron chi connectivity index (χ3n) is 1.94. The van der Waals surface area contributed by atoms with E-state index in [-0.39, 0.29) is 5.75 Å². The van der Waals surface area contributed by atoms with Crippen LogP contribution in [0.2, 0.25) is 0 Å². The highest BCUT2D eigenvalue weighted by molar-refractivity contribution is 7.81. The van der Waals surface area contributed by atoms with Crippen LogP contribution in [0.3, 0.4) is 0 Å². The largest absolute Gasteiger partial charge is 0.446 e. The predicted molar refractivity (Wildman–Crippen MR) is 90.7 cm³/mol. The first kappa shape index (κ1) is 22.9. The molecule has 0 aliphatic carbocycles. The summed E-state index contributed by atoms with van der Waals surface area (Å²) in [6, 6.07) is 6.53. The van der Waals surface area contributed by atoms with E-state index in [2.05, 4.69) is 24.6 Å². The first-order valence-electron chi connectivity index (χ1n) is 7.29. The second kappa shape index (κ2) is 14.6. The van der Waals surface area contributed by atoms with Gasteiger partial charge in [0.2, 0.25) is 0 Å². The molecule has 1 rings (SSSR count). The van der Waals surface area contributed by atoms with Gasteiger partial charge in [0.05, 0.1) is 0 Å². The highest BCUT2D eigenvalue weighted by atomic mass is 32.3. The van der Waals surface area contributed by atoms with Crippen molar-refractivity contribution < 1.29 is 21.9 Å². The molecule has 1 aromatic carbocycles. The number of ether oxygens (including phenoxy) is 1. The molecule has 128 valence electrons. The van der Waals surface area contributed by atoms with Crippen LogP contribution in [0.25, 0.3) is 0 Å². The van der Waals surface area contributed by atoms with E-state index in [1.54, 1.807) is 24.3 Å². The Bertz CT molecular complexity index is 481. The maximum absolute atomic E-state index is 10.5. The van der Waals surface area contributed by atoms with Gasteiger partial charge in [-0.1, -0.05) is 44.5 Å². The van der Waals surface area contributed by atoms with E-state index in [4.69, 9.17) is 9.29 Å². The summed E-state index contributed by atoms with van der Waals surface area (Å²) in [4.78, 5) is 0. The molecule has 0 spiro atoms. The van der Waals surface area contributed by atoms with E-state index < -0.39 is 10.4 Å². The fourth-order valence-corrected chi connectivity index (χ4v) is 1.62. The van der Waals surface area contributed by atoms with E-state index >= 15 is 0 Å². The number of hydrogen-bond donors (Lipinski definition) is 1. The third kappa shape index (κ3) is 15.0. The quantitative estimate of drug-likeness (QED) is 0.628. The Kier molecular flexibility index (Phi) is 15.2. The number of allylic oxidation sites excluding steroid dienone is 1. The molecule has 0 saturated heterocycles. The molecule has 1 aromatic rings. The SMILES string of the molecule is C=CCc1ccccc1OS(=O)(=O)O.CCC.CCOCC. The van der Waals surface area contributed by atoms with Gasteiger partial charge < -0.3 is 8.92 Å². The summed E-state index contributed by atoms with van der Waals surface area (Å²) in [5.74, 6) is 0.120. The second-order valence-electron chi connectivity index (χ2n) is 4.10. The average molecular weight is 332 g/mol. The van der Waals surface area contributed by atoms with Crippen LogP contribution in [0.15, 0.2) is 36.9 Å². The predicted octanol–water partition coefficient (Wildman–Crippen LogP) is 4.06. The molecule has 0 unspecified atom stereocenters. The lowest BCUT2D eigenvalue weighted by atomic mass is 10.1. The highest BCUT2D eigenvalue weighted by Gasteiger charge is 2.09. The summed E-state index contributed by atoms with van der Waals surface area (Å²) in [6.07, 6.45) is 3.35. The van der Waals surface area contributed by atoms with Gasteiger partial charge in [-0.05, 0) is 31.9 Å². The molecule has 22 heavy (non-hydrogen) atoms. The third-order valence-corrected chi connectivity index (χ3v) is 2.33. The van der Waals surface area contributed by atoms with Gasteiger partial charge in [0, 0.05) is 13.2 Å². The minimum Gasteiger partial charge on any atom is -0.382 e. The average Bonchev–Trinajstić information content (AvgIpc) is 2.42. The van der Waals surface area contributed by atoms with Gasteiger partial charge in [-0.2, -0.15) is 8.42 Å². The van der Waals surface area contributed by atoms with E-state index in [9.17, 15) is 8.42 Å². The van der Waals surface area contributed by atoms with Crippen molar-refractivity contribution in [3.05, 3.63) is 42.5 Å². The van der Waals surface area contributed by atoms with Gasteiger partial charge in [0.15, 0.2) is 0 Å². The normalized spacial score (nSPS) is 9.68. The Balaban J connectivity index is 0. The molecule has 0 radical (unpaired) electrons. The Hall–Kier alpha value is -1.37. The maximum atomic E-state index is 10.5. The molecule has 0 aromatic heterocycles. The van der Waals surface area contributed by atoms with Gasteiger partial charge in [0.25, 0.3) is 0 Å². The summed E-state index contributed by atoms with van der Waals surface area (Å²) in [5.41, 5.74) is 0.653. The zero-order valence-corrected chi connectivity index (χ0v) is 14.7. The van der Waals surface area contributed by atoms with Crippen LogP contribution in [0.4, 0.5) is 0 Å². The van der Waals surface area contributed by atoms with Crippen LogP contribution in [0.1, 0.15) is 39.7 Å². The molecule has 0 amide bonds. The first-order valence-corrected chi connectivity index (χ1v) is 8.66. The van der Waals surface area contributed by atoms with Crippen LogP contribution in [-0.2, 0) is 21.6 Å². The lowest BCUT2D eigenvalue weighted by molar-refractivity contribution is 0.162. The van der Waals surface area contributed by atoms with Crippen molar-refractivity contribution in [1.82, 2.24) is 0 Å². The molecule has 1 N–H and O–H groups in total. The van der Waals surface area contributed by atoms with Gasteiger partial charge in [0.1, 0.15) is 5.75 Å². The fourth-order valence-electron chi connectivity index (χ4n) is 1.23. The number of benzene rings is 1. The van der Waals surface area contributed by atoms with Crippen LogP contribution in [0, 0.1) is 0 Å². The molecular weight excluding hydrogens is 304 g/mol. The van der Waals surface area contributed by atoms with Crippen molar-refractivity contribution >= 4 is 10.4 Å². The van der Waals surface area contributed by atoms with Gasteiger partial charge in [-0.3, -0.25) is 4.55 Å². The maximum Gasteiger partial charge on any atom is 0.446 e. The van der Waals surface area contributed by atoms with Gasteiger partial charge in [-0.15, -0.1) is 6.58 Å². The van der Waals surface area contributed by atoms with Crippen molar-refractivity contribution in [1.29, 1.82) is 0 Å². The minimum absolute atomic E-state index is 0.120. The first-order chi connectivity index (χ1) is 10.4. The molecular formula is C16H28O5S. The molecule has 5 nitrogen and oxygen atoms in total. The summed E-state index contributed by atoms with van der Waals surface area (Å²) >= 11 is 0. The van der Waals surface area contributed by atoms with Crippen molar-refractivity contribution in [2.24, 2.45) is 0 Å². The number of rotatable bonds is 6. The second-order valence-corrected chi connectivity index (χ2v) is 5.12. The monoisotopic (exact) mass is 332 g/mol. The summed E-state index contributed by atoms with van der Waals surface area (Å²) in [6.45, 7) is 13.4. The lowest BCUT2D eigenvalue weighted by Crippen LogP contribution is -2.08. The van der Waals surface area contributed by atoms with E-state index in [1.165, 1.54) is 12.5 Å². The van der Waals surface area contributed by atoms with Crippen molar-refractivity contribution in [3.63, 3.8) is 0 Å². The topological polar surface area (TPSA) is 72.8 Å². The van der Waals surface area contributed by atoms with Crippen LogP contribution in [0.5, 0.6) is 5.75 Å². The zero-order valence-electron chi connectivity index (χ0n) is 13.9.